The average Bonchev–Trinajstić information content (AvgIpc) is 3.06. The highest BCUT2D eigenvalue weighted by Crippen LogP contribution is 2.27. The van der Waals surface area contributed by atoms with Gasteiger partial charge in [0.15, 0.2) is 0 Å². The molecular weight excluding hydrogens is 366 g/mol. The fraction of sp³-hybridized carbons (Fsp3) is 0.300. The van der Waals surface area contributed by atoms with Gasteiger partial charge in [-0.1, -0.05) is 41.9 Å². The Balaban J connectivity index is 1.75. The Labute approximate surface area is 163 Å². The lowest BCUT2D eigenvalue weighted by Crippen LogP contribution is -2.47. The topological polar surface area (TPSA) is 64.1 Å². The van der Waals surface area contributed by atoms with Crippen LogP contribution in [0.5, 0.6) is 0 Å². The molecule has 1 aliphatic rings. The van der Waals surface area contributed by atoms with Crippen LogP contribution in [0, 0.1) is 6.92 Å². The molecule has 0 radical (unpaired) electrons. The fourth-order valence-corrected chi connectivity index (χ4v) is 3.45. The number of rotatable bonds is 6. The number of carboxylic acid groups (broad SMARTS) is 1. The molecule has 0 aliphatic carbocycles. The van der Waals surface area contributed by atoms with E-state index < -0.39 is 5.97 Å². The Hall–Kier alpha value is -2.57. The highest BCUT2D eigenvalue weighted by molar-refractivity contribution is 6.31. The lowest BCUT2D eigenvalue weighted by molar-refractivity contribution is -0.145. The van der Waals surface area contributed by atoms with Gasteiger partial charge in [0.1, 0.15) is 6.54 Å². The summed E-state index contributed by atoms with van der Waals surface area (Å²) >= 11 is 6.17. The second kappa shape index (κ2) is 7.98. The van der Waals surface area contributed by atoms with Crippen LogP contribution < -0.4 is 4.90 Å². The number of benzene rings is 2. The Morgan fingerprint density at radius 1 is 1.07 bits per heavy atom. The van der Waals surface area contributed by atoms with Crippen LogP contribution in [0.3, 0.4) is 0 Å². The summed E-state index contributed by atoms with van der Waals surface area (Å²) in [6.45, 7) is 2.82. The second-order valence-electron chi connectivity index (χ2n) is 6.64. The van der Waals surface area contributed by atoms with E-state index in [9.17, 15) is 14.7 Å². The molecule has 142 valence electrons. The number of fused-ring (bicyclic) bond motifs is 1. The van der Waals surface area contributed by atoms with Crippen LogP contribution in [0.2, 0.25) is 5.02 Å². The molecule has 1 aliphatic heterocycles. The quantitative estimate of drug-likeness (QED) is 0.825. The van der Waals surface area contributed by atoms with Crippen LogP contribution >= 0.6 is 11.6 Å². The van der Waals surface area contributed by atoms with Gasteiger partial charge in [-0.3, -0.25) is 14.6 Å². The molecule has 1 amide bonds. The van der Waals surface area contributed by atoms with Crippen LogP contribution in [0.25, 0.3) is 0 Å². The Morgan fingerprint density at radius 2 is 1.70 bits per heavy atom. The Bertz CT molecular complexity index is 846. The molecule has 0 fully saturated rings. The van der Waals surface area contributed by atoms with Crippen molar-refractivity contribution in [2.45, 2.75) is 20.0 Å². The van der Waals surface area contributed by atoms with Gasteiger partial charge in [0, 0.05) is 30.8 Å². The summed E-state index contributed by atoms with van der Waals surface area (Å²) in [5.74, 6) is -1.18. The van der Waals surface area contributed by atoms with Crippen LogP contribution in [0.1, 0.15) is 16.7 Å². The molecule has 27 heavy (non-hydrogen) atoms. The third kappa shape index (κ3) is 4.23. The summed E-state index contributed by atoms with van der Waals surface area (Å²) in [5.41, 5.74) is 3.80. The van der Waals surface area contributed by atoms with Gasteiger partial charge in [0.25, 0.3) is 5.91 Å². The number of carbonyl (C=O) groups excluding carboxylic acids is 1. The molecule has 2 aromatic carbocycles. The second-order valence-corrected chi connectivity index (χ2v) is 7.05. The normalized spacial score (nSPS) is 13.3. The SMILES string of the molecule is Cc1c(Cl)cccc1N(CC(=O)O)CC(=O)N(C)N1Cc2ccccc2C1. The van der Waals surface area contributed by atoms with Gasteiger partial charge in [-0.15, -0.1) is 0 Å². The molecule has 7 heteroatoms. The summed E-state index contributed by atoms with van der Waals surface area (Å²) < 4.78 is 0. The third-order valence-electron chi connectivity index (χ3n) is 4.84. The number of hydrogen-bond donors (Lipinski definition) is 1. The van der Waals surface area contributed by atoms with E-state index in [-0.39, 0.29) is 19.0 Å². The van der Waals surface area contributed by atoms with Crippen molar-refractivity contribution in [3.63, 3.8) is 0 Å². The van der Waals surface area contributed by atoms with Crippen LogP contribution in [-0.4, -0.2) is 47.1 Å². The molecule has 0 spiro atoms. The molecular formula is C20H22ClN3O3. The van der Waals surface area contributed by atoms with Crippen molar-refractivity contribution >= 4 is 29.2 Å². The number of amides is 1. The Kier molecular flexibility index (Phi) is 5.68. The van der Waals surface area contributed by atoms with Crippen LogP contribution in [-0.2, 0) is 22.7 Å². The van der Waals surface area contributed by atoms with Crippen LogP contribution in [0.4, 0.5) is 5.69 Å². The molecule has 0 aromatic heterocycles. The minimum atomic E-state index is -1.00. The molecule has 1 heterocycles. The van der Waals surface area contributed by atoms with E-state index in [1.54, 1.807) is 35.2 Å². The van der Waals surface area contributed by atoms with E-state index in [1.165, 1.54) is 11.1 Å². The maximum Gasteiger partial charge on any atom is 0.323 e. The van der Waals surface area contributed by atoms with Crippen molar-refractivity contribution in [3.8, 4) is 0 Å². The maximum atomic E-state index is 12.9. The molecule has 6 nitrogen and oxygen atoms in total. The minimum Gasteiger partial charge on any atom is -0.480 e. The highest BCUT2D eigenvalue weighted by Gasteiger charge is 2.27. The number of halogens is 1. The molecule has 2 aromatic rings. The van der Waals surface area contributed by atoms with Crippen molar-refractivity contribution in [1.29, 1.82) is 0 Å². The third-order valence-corrected chi connectivity index (χ3v) is 5.25. The summed E-state index contributed by atoms with van der Waals surface area (Å²) in [4.78, 5) is 25.7. The molecule has 0 unspecified atom stereocenters. The van der Waals surface area contributed by atoms with E-state index >= 15 is 0 Å². The standard InChI is InChI=1S/C20H22ClN3O3/c1-14-17(21)8-5-9-18(14)23(13-20(26)27)12-19(25)22(2)24-10-15-6-3-4-7-16(15)11-24/h3-9H,10-13H2,1-2H3,(H,26,27). The number of likely N-dealkylation sites (N-methyl/N-ethyl adjacent to an activating group) is 1. The first kappa shape index (κ1) is 19.2. The van der Waals surface area contributed by atoms with Gasteiger partial charge >= 0.3 is 5.97 Å². The van der Waals surface area contributed by atoms with Gasteiger partial charge in [-0.25, -0.2) is 5.01 Å². The number of carboxylic acids is 1. The van der Waals surface area contributed by atoms with Crippen molar-refractivity contribution in [3.05, 3.63) is 64.2 Å². The monoisotopic (exact) mass is 387 g/mol. The first-order valence-corrected chi connectivity index (χ1v) is 9.04. The highest BCUT2D eigenvalue weighted by atomic mass is 35.5. The first-order chi connectivity index (χ1) is 12.9. The van der Waals surface area contributed by atoms with E-state index in [1.807, 2.05) is 24.1 Å². The van der Waals surface area contributed by atoms with Crippen LogP contribution in [0.15, 0.2) is 42.5 Å². The van der Waals surface area contributed by atoms with Gasteiger partial charge in [0.2, 0.25) is 0 Å². The number of aliphatic carboxylic acids is 1. The zero-order chi connectivity index (χ0) is 19.6. The number of carbonyl (C=O) groups is 2. The summed E-state index contributed by atoms with van der Waals surface area (Å²) in [6.07, 6.45) is 0. The van der Waals surface area contributed by atoms with E-state index in [0.29, 0.717) is 23.8 Å². The zero-order valence-electron chi connectivity index (χ0n) is 15.4. The van der Waals surface area contributed by atoms with E-state index in [0.717, 1.165) is 5.56 Å². The minimum absolute atomic E-state index is 0.0448. The van der Waals surface area contributed by atoms with Gasteiger partial charge < -0.3 is 10.0 Å². The number of nitrogens with zero attached hydrogens (tertiary/aromatic N) is 3. The predicted octanol–water partition coefficient (Wildman–Crippen LogP) is 2.93. The van der Waals surface area contributed by atoms with Gasteiger partial charge in [-0.2, -0.15) is 0 Å². The molecule has 1 N–H and O–H groups in total. The van der Waals surface area contributed by atoms with Crippen molar-refractivity contribution in [2.75, 3.05) is 25.0 Å². The number of hydrazine groups is 1. The summed E-state index contributed by atoms with van der Waals surface area (Å²) in [6, 6.07) is 13.4. The fourth-order valence-electron chi connectivity index (χ4n) is 3.28. The largest absolute Gasteiger partial charge is 0.480 e. The number of anilines is 1. The van der Waals surface area contributed by atoms with E-state index in [2.05, 4.69) is 12.1 Å². The molecule has 0 atom stereocenters. The lowest BCUT2D eigenvalue weighted by atomic mass is 10.1. The van der Waals surface area contributed by atoms with Crippen molar-refractivity contribution in [2.24, 2.45) is 0 Å². The Morgan fingerprint density at radius 3 is 2.30 bits per heavy atom. The maximum absolute atomic E-state index is 12.9. The summed E-state index contributed by atoms with van der Waals surface area (Å²) in [7, 11) is 1.72. The lowest BCUT2D eigenvalue weighted by Gasteiger charge is -2.31. The number of hydrogen-bond acceptors (Lipinski definition) is 4. The summed E-state index contributed by atoms with van der Waals surface area (Å²) in [5, 5.41) is 13.4. The van der Waals surface area contributed by atoms with E-state index in [4.69, 9.17) is 11.6 Å². The van der Waals surface area contributed by atoms with Crippen molar-refractivity contribution in [1.82, 2.24) is 10.0 Å². The molecule has 0 saturated carbocycles. The smallest absolute Gasteiger partial charge is 0.323 e. The zero-order valence-corrected chi connectivity index (χ0v) is 16.1. The molecule has 3 rings (SSSR count). The first-order valence-electron chi connectivity index (χ1n) is 8.67. The molecule has 0 saturated heterocycles. The van der Waals surface area contributed by atoms with Gasteiger partial charge in [-0.05, 0) is 35.7 Å². The van der Waals surface area contributed by atoms with Crippen molar-refractivity contribution < 1.29 is 14.7 Å². The van der Waals surface area contributed by atoms with Gasteiger partial charge in [0.05, 0.1) is 6.54 Å². The predicted molar refractivity (Wildman–Crippen MR) is 104 cm³/mol. The average molecular weight is 388 g/mol. The molecule has 0 bridgehead atoms.